The van der Waals surface area contributed by atoms with Crippen molar-refractivity contribution in [2.45, 2.75) is 18.7 Å². The topological polar surface area (TPSA) is 98.1 Å². The number of sulfonamides is 1. The predicted molar refractivity (Wildman–Crippen MR) is 114 cm³/mol. The Bertz CT molecular complexity index is 899. The average molecular weight is 443 g/mol. The number of nitrogens with zero attached hydrogens (tertiary/aromatic N) is 1. The molecule has 0 saturated carbocycles. The monoisotopic (exact) mass is 442 g/mol. The SMILES string of the molecule is COc1ccc(OC)c(N(C(C)C(=O)NCCSCc2ccco2)S(C)(=O)=O)c1. The van der Waals surface area contributed by atoms with Crippen LogP contribution in [-0.2, 0) is 20.6 Å². The first-order valence-corrected chi connectivity index (χ1v) is 11.9. The second kappa shape index (κ2) is 10.4. The summed E-state index contributed by atoms with van der Waals surface area (Å²) in [5, 5.41) is 2.78. The molecule has 1 amide bonds. The molecule has 0 aliphatic heterocycles. The van der Waals surface area contributed by atoms with Gasteiger partial charge in [-0.1, -0.05) is 0 Å². The zero-order chi connectivity index (χ0) is 21.4. The van der Waals surface area contributed by atoms with Crippen molar-refractivity contribution in [2.24, 2.45) is 0 Å². The van der Waals surface area contributed by atoms with E-state index in [1.54, 1.807) is 30.2 Å². The first kappa shape index (κ1) is 23.0. The minimum absolute atomic E-state index is 0.240. The minimum atomic E-state index is -3.77. The number of hydrogen-bond acceptors (Lipinski definition) is 7. The van der Waals surface area contributed by atoms with Crippen LogP contribution in [0.25, 0.3) is 0 Å². The van der Waals surface area contributed by atoms with Crippen molar-refractivity contribution < 1.29 is 27.1 Å². The van der Waals surface area contributed by atoms with E-state index in [9.17, 15) is 13.2 Å². The molecule has 1 aromatic heterocycles. The second-order valence-electron chi connectivity index (χ2n) is 6.20. The zero-order valence-corrected chi connectivity index (χ0v) is 18.5. The van der Waals surface area contributed by atoms with Gasteiger partial charge in [-0.05, 0) is 31.2 Å². The van der Waals surface area contributed by atoms with Crippen LogP contribution >= 0.6 is 11.8 Å². The van der Waals surface area contributed by atoms with Crippen molar-refractivity contribution in [2.75, 3.05) is 37.1 Å². The molecule has 0 saturated heterocycles. The Morgan fingerprint density at radius 1 is 1.28 bits per heavy atom. The Labute approximate surface area is 175 Å². The molecule has 1 heterocycles. The summed E-state index contributed by atoms with van der Waals surface area (Å²) >= 11 is 1.61. The van der Waals surface area contributed by atoms with E-state index in [1.165, 1.54) is 27.2 Å². The lowest BCUT2D eigenvalue weighted by molar-refractivity contribution is -0.121. The van der Waals surface area contributed by atoms with E-state index in [4.69, 9.17) is 13.9 Å². The molecular weight excluding hydrogens is 416 g/mol. The molecule has 2 aromatic rings. The van der Waals surface area contributed by atoms with Crippen molar-refractivity contribution in [1.29, 1.82) is 0 Å². The lowest BCUT2D eigenvalue weighted by Crippen LogP contribution is -2.48. The number of hydrogen-bond donors (Lipinski definition) is 1. The van der Waals surface area contributed by atoms with Gasteiger partial charge in [-0.15, -0.1) is 0 Å². The quantitative estimate of drug-likeness (QED) is 0.534. The van der Waals surface area contributed by atoms with Crippen LogP contribution in [-0.4, -0.2) is 53.1 Å². The summed E-state index contributed by atoms with van der Waals surface area (Å²) in [6.45, 7) is 1.94. The highest BCUT2D eigenvalue weighted by atomic mass is 32.2. The lowest BCUT2D eigenvalue weighted by atomic mass is 10.2. The molecule has 1 aromatic carbocycles. The summed E-state index contributed by atoms with van der Waals surface area (Å²) in [5.41, 5.74) is 0.240. The Hall–Kier alpha value is -2.33. The molecule has 0 spiro atoms. The Morgan fingerprint density at radius 2 is 2.03 bits per heavy atom. The lowest BCUT2D eigenvalue weighted by Gasteiger charge is -2.29. The first-order chi connectivity index (χ1) is 13.8. The number of ether oxygens (including phenoxy) is 2. The maximum atomic E-state index is 12.6. The fourth-order valence-electron chi connectivity index (χ4n) is 2.71. The van der Waals surface area contributed by atoms with E-state index in [2.05, 4.69) is 5.32 Å². The van der Waals surface area contributed by atoms with Gasteiger partial charge in [0.2, 0.25) is 15.9 Å². The number of nitrogens with one attached hydrogen (secondary N) is 1. The van der Waals surface area contributed by atoms with E-state index in [-0.39, 0.29) is 5.69 Å². The van der Waals surface area contributed by atoms with Crippen molar-refractivity contribution in [3.05, 3.63) is 42.4 Å². The van der Waals surface area contributed by atoms with Crippen molar-refractivity contribution in [3.8, 4) is 11.5 Å². The van der Waals surface area contributed by atoms with E-state index in [0.29, 0.717) is 29.5 Å². The zero-order valence-electron chi connectivity index (χ0n) is 16.9. The van der Waals surface area contributed by atoms with E-state index >= 15 is 0 Å². The summed E-state index contributed by atoms with van der Waals surface area (Å²) in [7, 11) is -0.849. The molecule has 1 N–H and O–H groups in total. The van der Waals surface area contributed by atoms with Crippen LogP contribution in [0, 0.1) is 0 Å². The smallest absolute Gasteiger partial charge is 0.243 e. The fourth-order valence-corrected chi connectivity index (χ4v) is 4.64. The fraction of sp³-hybridized carbons (Fsp3) is 0.421. The standard InChI is InChI=1S/C19H26N2O6S2/c1-14(19(22)20-9-11-28-13-16-6-5-10-27-16)21(29(4,23)24)17-12-15(25-2)7-8-18(17)26-3/h5-8,10,12,14H,9,11,13H2,1-4H3,(H,20,22). The van der Waals surface area contributed by atoms with Crippen molar-refractivity contribution in [3.63, 3.8) is 0 Å². The summed E-state index contributed by atoms with van der Waals surface area (Å²) in [5.74, 6) is 2.61. The Balaban J connectivity index is 2.07. The second-order valence-corrected chi connectivity index (χ2v) is 9.16. The van der Waals surface area contributed by atoms with Gasteiger partial charge in [0.15, 0.2) is 0 Å². The van der Waals surface area contributed by atoms with Gasteiger partial charge in [-0.2, -0.15) is 11.8 Å². The molecule has 29 heavy (non-hydrogen) atoms. The van der Waals surface area contributed by atoms with Gasteiger partial charge in [0, 0.05) is 18.4 Å². The number of methoxy groups -OCH3 is 2. The number of anilines is 1. The average Bonchev–Trinajstić information content (AvgIpc) is 3.19. The van der Waals surface area contributed by atoms with Gasteiger partial charge >= 0.3 is 0 Å². The molecule has 0 aliphatic carbocycles. The highest BCUT2D eigenvalue weighted by molar-refractivity contribution is 7.98. The normalized spacial score (nSPS) is 12.3. The first-order valence-electron chi connectivity index (χ1n) is 8.87. The number of rotatable bonds is 11. The molecule has 8 nitrogen and oxygen atoms in total. The Morgan fingerprint density at radius 3 is 2.62 bits per heavy atom. The number of carbonyl (C=O) groups is 1. The van der Waals surface area contributed by atoms with E-state index < -0.39 is 22.0 Å². The summed E-state index contributed by atoms with van der Waals surface area (Å²) < 4.78 is 41.8. The third kappa shape index (κ3) is 6.33. The number of benzene rings is 1. The maximum Gasteiger partial charge on any atom is 0.243 e. The van der Waals surface area contributed by atoms with Crippen LogP contribution < -0.4 is 19.1 Å². The van der Waals surface area contributed by atoms with Gasteiger partial charge in [-0.3, -0.25) is 9.10 Å². The van der Waals surface area contributed by atoms with Crippen LogP contribution in [0.2, 0.25) is 0 Å². The van der Waals surface area contributed by atoms with Gasteiger partial charge in [0.05, 0.1) is 38.2 Å². The van der Waals surface area contributed by atoms with Gasteiger partial charge < -0.3 is 19.2 Å². The van der Waals surface area contributed by atoms with E-state index in [1.807, 2.05) is 12.1 Å². The highest BCUT2D eigenvalue weighted by Gasteiger charge is 2.31. The molecule has 0 fully saturated rings. The van der Waals surface area contributed by atoms with Crippen LogP contribution in [0.4, 0.5) is 5.69 Å². The highest BCUT2D eigenvalue weighted by Crippen LogP contribution is 2.35. The van der Waals surface area contributed by atoms with Gasteiger partial charge in [0.25, 0.3) is 0 Å². The van der Waals surface area contributed by atoms with Gasteiger partial charge in [-0.25, -0.2) is 8.42 Å². The molecule has 0 radical (unpaired) electrons. The van der Waals surface area contributed by atoms with Gasteiger partial charge in [0.1, 0.15) is 23.3 Å². The predicted octanol–water partition coefficient (Wildman–Crippen LogP) is 2.50. The largest absolute Gasteiger partial charge is 0.497 e. The molecule has 10 heteroatoms. The number of carbonyl (C=O) groups excluding carboxylic acids is 1. The van der Waals surface area contributed by atoms with Crippen molar-refractivity contribution >= 4 is 33.4 Å². The summed E-state index contributed by atoms with van der Waals surface area (Å²) in [6, 6.07) is 7.53. The molecule has 0 aliphatic rings. The molecule has 0 bridgehead atoms. The minimum Gasteiger partial charge on any atom is -0.497 e. The third-order valence-corrected chi connectivity index (χ3v) is 6.29. The van der Waals surface area contributed by atoms with Crippen LogP contribution in [0.1, 0.15) is 12.7 Å². The molecule has 1 atom stereocenters. The molecule has 2 rings (SSSR count). The number of amides is 1. The summed E-state index contributed by atoms with van der Waals surface area (Å²) in [4.78, 5) is 12.6. The summed E-state index contributed by atoms with van der Waals surface area (Å²) in [6.07, 6.45) is 2.67. The van der Waals surface area contributed by atoms with Crippen molar-refractivity contribution in [1.82, 2.24) is 5.32 Å². The molecular formula is C19H26N2O6S2. The maximum absolute atomic E-state index is 12.6. The Kier molecular flexibility index (Phi) is 8.27. The molecule has 1 unspecified atom stereocenters. The number of furan rings is 1. The van der Waals surface area contributed by atoms with Crippen LogP contribution in [0.3, 0.4) is 0 Å². The number of thioether (sulfide) groups is 1. The van der Waals surface area contributed by atoms with Crippen LogP contribution in [0.5, 0.6) is 11.5 Å². The molecule has 160 valence electrons. The van der Waals surface area contributed by atoms with Crippen LogP contribution in [0.15, 0.2) is 41.0 Å². The van der Waals surface area contributed by atoms with E-state index in [0.717, 1.165) is 16.3 Å². The third-order valence-electron chi connectivity index (χ3n) is 4.08.